The van der Waals surface area contributed by atoms with Gasteiger partial charge in [0.25, 0.3) is 0 Å². The summed E-state index contributed by atoms with van der Waals surface area (Å²) in [6, 6.07) is 20.6. The van der Waals surface area contributed by atoms with Gasteiger partial charge in [0, 0.05) is 13.1 Å². The van der Waals surface area contributed by atoms with E-state index >= 15 is 0 Å². The van der Waals surface area contributed by atoms with E-state index in [4.69, 9.17) is 0 Å². The Morgan fingerprint density at radius 2 is 1.45 bits per heavy atom. The van der Waals surface area contributed by atoms with Crippen molar-refractivity contribution in [2.45, 2.75) is 18.9 Å². The van der Waals surface area contributed by atoms with Crippen LogP contribution in [0.5, 0.6) is 0 Å². The van der Waals surface area contributed by atoms with Crippen molar-refractivity contribution in [1.29, 1.82) is 0 Å². The maximum atomic E-state index is 10.1. The molecule has 1 atom stereocenters. The molecule has 1 N–H and O–H groups in total. The molecule has 106 valence electrons. The highest BCUT2D eigenvalue weighted by molar-refractivity contribution is 5.16. The van der Waals surface area contributed by atoms with E-state index in [0.29, 0.717) is 6.54 Å². The van der Waals surface area contributed by atoms with Crippen molar-refractivity contribution >= 4 is 0 Å². The molecule has 1 unspecified atom stereocenters. The highest BCUT2D eigenvalue weighted by atomic mass is 16.3. The molecule has 0 heterocycles. The van der Waals surface area contributed by atoms with Crippen molar-refractivity contribution in [2.75, 3.05) is 20.1 Å². The van der Waals surface area contributed by atoms with Crippen molar-refractivity contribution in [3.8, 4) is 0 Å². The summed E-state index contributed by atoms with van der Waals surface area (Å²) in [4.78, 5) is 2.20. The van der Waals surface area contributed by atoms with Crippen molar-refractivity contribution in [3.63, 3.8) is 0 Å². The summed E-state index contributed by atoms with van der Waals surface area (Å²) >= 11 is 0. The number of hydrogen-bond acceptors (Lipinski definition) is 2. The fraction of sp³-hybridized carbons (Fsp3) is 0.333. The van der Waals surface area contributed by atoms with Crippen LogP contribution >= 0.6 is 0 Å². The summed E-state index contributed by atoms with van der Waals surface area (Å²) in [7, 11) is 2.07. The standard InChI is InChI=1S/C18H23NO/c1-19(13-12-16-8-4-2-5-9-16)15-18(20)14-17-10-6-3-7-11-17/h2-11,18,20H,12-15H2,1H3. The molecule has 0 aliphatic carbocycles. The SMILES string of the molecule is CN(CCc1ccccc1)CC(O)Cc1ccccc1. The molecule has 2 aromatic carbocycles. The van der Waals surface area contributed by atoms with E-state index in [1.165, 1.54) is 11.1 Å². The largest absolute Gasteiger partial charge is 0.391 e. The van der Waals surface area contributed by atoms with Gasteiger partial charge in [-0.25, -0.2) is 0 Å². The first-order valence-electron chi connectivity index (χ1n) is 7.18. The molecule has 2 nitrogen and oxygen atoms in total. The molecular weight excluding hydrogens is 246 g/mol. The normalized spacial score (nSPS) is 12.6. The van der Waals surface area contributed by atoms with Crippen LogP contribution in [-0.4, -0.2) is 36.2 Å². The zero-order valence-corrected chi connectivity index (χ0v) is 12.1. The van der Waals surface area contributed by atoms with E-state index in [1.807, 2.05) is 24.3 Å². The topological polar surface area (TPSA) is 23.5 Å². The Hall–Kier alpha value is -1.64. The molecule has 0 saturated heterocycles. The van der Waals surface area contributed by atoms with Crippen molar-refractivity contribution in [3.05, 3.63) is 71.8 Å². The molecule has 20 heavy (non-hydrogen) atoms. The van der Waals surface area contributed by atoms with Crippen LogP contribution in [0.2, 0.25) is 0 Å². The Bertz CT molecular complexity index is 483. The number of hydrogen-bond donors (Lipinski definition) is 1. The second kappa shape index (κ2) is 7.83. The summed E-state index contributed by atoms with van der Waals surface area (Å²) in [5.41, 5.74) is 2.54. The zero-order chi connectivity index (χ0) is 14.2. The summed E-state index contributed by atoms with van der Waals surface area (Å²) in [6.45, 7) is 1.68. The first kappa shape index (κ1) is 14.8. The summed E-state index contributed by atoms with van der Waals surface area (Å²) < 4.78 is 0. The zero-order valence-electron chi connectivity index (χ0n) is 12.1. The predicted molar refractivity (Wildman–Crippen MR) is 83.8 cm³/mol. The minimum Gasteiger partial charge on any atom is -0.391 e. The van der Waals surface area contributed by atoms with E-state index in [-0.39, 0.29) is 6.10 Å². The van der Waals surface area contributed by atoms with Crippen LogP contribution in [0.25, 0.3) is 0 Å². The Balaban J connectivity index is 1.72. The van der Waals surface area contributed by atoms with Crippen molar-refractivity contribution < 1.29 is 5.11 Å². The Morgan fingerprint density at radius 1 is 0.900 bits per heavy atom. The lowest BCUT2D eigenvalue weighted by molar-refractivity contribution is 0.126. The van der Waals surface area contributed by atoms with Crippen LogP contribution in [0, 0.1) is 0 Å². The van der Waals surface area contributed by atoms with Gasteiger partial charge in [0.2, 0.25) is 0 Å². The minimum absolute atomic E-state index is 0.307. The van der Waals surface area contributed by atoms with Gasteiger partial charge < -0.3 is 10.0 Å². The molecule has 2 aromatic rings. The lowest BCUT2D eigenvalue weighted by Crippen LogP contribution is -2.32. The summed E-state index contributed by atoms with van der Waals surface area (Å²) in [5, 5.41) is 10.1. The Labute approximate surface area is 121 Å². The maximum Gasteiger partial charge on any atom is 0.0707 e. The average Bonchev–Trinajstić information content (AvgIpc) is 2.47. The summed E-state index contributed by atoms with van der Waals surface area (Å²) in [5.74, 6) is 0. The van der Waals surface area contributed by atoms with Gasteiger partial charge >= 0.3 is 0 Å². The van der Waals surface area contributed by atoms with E-state index in [1.54, 1.807) is 0 Å². The number of benzene rings is 2. The second-order valence-electron chi connectivity index (χ2n) is 5.34. The molecule has 2 rings (SSSR count). The lowest BCUT2D eigenvalue weighted by atomic mass is 10.1. The van der Waals surface area contributed by atoms with Crippen LogP contribution in [0.4, 0.5) is 0 Å². The molecule has 0 saturated carbocycles. The van der Waals surface area contributed by atoms with E-state index in [2.05, 4.69) is 48.3 Å². The van der Waals surface area contributed by atoms with E-state index in [9.17, 15) is 5.11 Å². The molecule has 0 amide bonds. The Kier molecular flexibility index (Phi) is 5.78. The number of aliphatic hydroxyl groups excluding tert-OH is 1. The molecule has 0 fully saturated rings. The minimum atomic E-state index is -0.307. The fourth-order valence-corrected chi connectivity index (χ4v) is 2.37. The van der Waals surface area contributed by atoms with Gasteiger partial charge in [-0.2, -0.15) is 0 Å². The van der Waals surface area contributed by atoms with Crippen LogP contribution in [0.15, 0.2) is 60.7 Å². The quantitative estimate of drug-likeness (QED) is 0.835. The third kappa shape index (κ3) is 5.16. The third-order valence-electron chi connectivity index (χ3n) is 3.46. The third-order valence-corrected chi connectivity index (χ3v) is 3.46. The van der Waals surface area contributed by atoms with Crippen LogP contribution in [-0.2, 0) is 12.8 Å². The molecule has 0 aliphatic rings. The number of rotatable bonds is 7. The van der Waals surface area contributed by atoms with E-state index < -0.39 is 0 Å². The molecule has 0 radical (unpaired) electrons. The van der Waals surface area contributed by atoms with Gasteiger partial charge in [-0.1, -0.05) is 60.7 Å². The van der Waals surface area contributed by atoms with Crippen molar-refractivity contribution in [2.24, 2.45) is 0 Å². The molecular formula is C18H23NO. The van der Waals surface area contributed by atoms with Gasteiger partial charge in [0.05, 0.1) is 6.10 Å². The van der Waals surface area contributed by atoms with Gasteiger partial charge in [-0.3, -0.25) is 0 Å². The van der Waals surface area contributed by atoms with Gasteiger partial charge in [-0.05, 0) is 31.0 Å². The average molecular weight is 269 g/mol. The van der Waals surface area contributed by atoms with Gasteiger partial charge in [0.1, 0.15) is 0 Å². The van der Waals surface area contributed by atoms with Crippen molar-refractivity contribution in [1.82, 2.24) is 4.90 Å². The van der Waals surface area contributed by atoms with Gasteiger partial charge in [-0.15, -0.1) is 0 Å². The molecule has 0 spiro atoms. The molecule has 2 heteroatoms. The molecule has 0 bridgehead atoms. The molecule has 0 aromatic heterocycles. The monoisotopic (exact) mass is 269 g/mol. The second-order valence-corrected chi connectivity index (χ2v) is 5.34. The van der Waals surface area contributed by atoms with Crippen LogP contribution in [0.1, 0.15) is 11.1 Å². The number of aliphatic hydroxyl groups is 1. The maximum absolute atomic E-state index is 10.1. The molecule has 0 aliphatic heterocycles. The van der Waals surface area contributed by atoms with Crippen LogP contribution < -0.4 is 0 Å². The Morgan fingerprint density at radius 3 is 2.05 bits per heavy atom. The number of likely N-dealkylation sites (N-methyl/N-ethyl adjacent to an activating group) is 1. The van der Waals surface area contributed by atoms with Gasteiger partial charge in [0.15, 0.2) is 0 Å². The smallest absolute Gasteiger partial charge is 0.0707 e. The fourth-order valence-electron chi connectivity index (χ4n) is 2.37. The highest BCUT2D eigenvalue weighted by Gasteiger charge is 2.09. The predicted octanol–water partition coefficient (Wildman–Crippen LogP) is 2.76. The first-order valence-corrected chi connectivity index (χ1v) is 7.18. The van der Waals surface area contributed by atoms with Crippen LogP contribution in [0.3, 0.4) is 0 Å². The highest BCUT2D eigenvalue weighted by Crippen LogP contribution is 2.05. The lowest BCUT2D eigenvalue weighted by Gasteiger charge is -2.20. The first-order chi connectivity index (χ1) is 9.74. The summed E-state index contributed by atoms with van der Waals surface area (Å²) in [6.07, 6.45) is 1.43. The number of nitrogens with zero attached hydrogens (tertiary/aromatic N) is 1. The van der Waals surface area contributed by atoms with E-state index in [0.717, 1.165) is 19.4 Å².